The predicted octanol–water partition coefficient (Wildman–Crippen LogP) is -1.69. The van der Waals surface area contributed by atoms with Crippen molar-refractivity contribution >= 4 is 5.91 Å². The summed E-state index contributed by atoms with van der Waals surface area (Å²) in [6.07, 6.45) is 0.642. The first-order valence-electron chi connectivity index (χ1n) is 4.43. The average Bonchev–Trinajstić information content (AvgIpc) is 2.23. The van der Waals surface area contributed by atoms with Gasteiger partial charge in [0.2, 0.25) is 5.91 Å². The molecule has 1 amide bonds. The molecule has 1 aromatic heterocycles. The second kappa shape index (κ2) is 5.11. The molecular weight excluding hydrogens is 200 g/mol. The first-order chi connectivity index (χ1) is 7.13. The molecule has 1 rings (SSSR count). The maximum absolute atomic E-state index is 11.2. The zero-order valence-corrected chi connectivity index (χ0v) is 8.03. The fraction of sp³-hybridized carbons (Fsp3) is 0.375. The molecule has 7 nitrogen and oxygen atoms in total. The van der Waals surface area contributed by atoms with Crippen molar-refractivity contribution in [1.29, 1.82) is 0 Å². The second-order valence-corrected chi connectivity index (χ2v) is 2.97. The first kappa shape index (κ1) is 11.2. The number of nitrogens with two attached hydrogens (primary N) is 1. The maximum atomic E-state index is 11.2. The molecule has 82 valence electrons. The van der Waals surface area contributed by atoms with Crippen molar-refractivity contribution < 1.29 is 4.79 Å². The summed E-state index contributed by atoms with van der Waals surface area (Å²) in [5, 5.41) is 2.35. The van der Waals surface area contributed by atoms with E-state index >= 15 is 0 Å². The van der Waals surface area contributed by atoms with Gasteiger partial charge in [0, 0.05) is 25.1 Å². The summed E-state index contributed by atoms with van der Waals surface area (Å²) in [5.74, 6) is 4.58. The van der Waals surface area contributed by atoms with Crippen LogP contribution in [-0.2, 0) is 11.3 Å². The Labute approximate surface area is 84.9 Å². The highest BCUT2D eigenvalue weighted by Gasteiger charge is 2.00. The highest BCUT2D eigenvalue weighted by Crippen LogP contribution is 1.89. The lowest BCUT2D eigenvalue weighted by molar-refractivity contribution is -0.121. The fourth-order valence-electron chi connectivity index (χ4n) is 1.10. The summed E-state index contributed by atoms with van der Waals surface area (Å²) in [4.78, 5) is 32.8. The van der Waals surface area contributed by atoms with Gasteiger partial charge in [0.05, 0.1) is 0 Å². The first-order valence-corrected chi connectivity index (χ1v) is 4.43. The number of hydrazine groups is 1. The van der Waals surface area contributed by atoms with Crippen LogP contribution in [0.25, 0.3) is 0 Å². The zero-order chi connectivity index (χ0) is 11.3. The lowest BCUT2D eigenvalue weighted by Crippen LogP contribution is -2.31. The zero-order valence-electron chi connectivity index (χ0n) is 8.03. The number of amides is 1. The predicted molar refractivity (Wildman–Crippen MR) is 52.9 cm³/mol. The third-order valence-electron chi connectivity index (χ3n) is 1.84. The number of nitrogens with zero attached hydrogens (tertiary/aromatic N) is 1. The van der Waals surface area contributed by atoms with Gasteiger partial charge in [-0.15, -0.1) is 0 Å². The van der Waals surface area contributed by atoms with Gasteiger partial charge >= 0.3 is 0 Å². The van der Waals surface area contributed by atoms with E-state index in [9.17, 15) is 14.4 Å². The molecule has 0 aliphatic heterocycles. The van der Waals surface area contributed by atoms with Gasteiger partial charge in [0.15, 0.2) is 0 Å². The lowest BCUT2D eigenvalue weighted by Gasteiger charge is -2.03. The highest BCUT2D eigenvalue weighted by atomic mass is 16.2. The maximum Gasteiger partial charge on any atom is 0.265 e. The Kier molecular flexibility index (Phi) is 3.81. The van der Waals surface area contributed by atoms with Crippen molar-refractivity contribution in [2.75, 3.05) is 0 Å². The Balaban J connectivity index is 2.58. The van der Waals surface area contributed by atoms with Gasteiger partial charge in [-0.05, 0) is 6.42 Å². The van der Waals surface area contributed by atoms with Crippen LogP contribution < -0.4 is 22.4 Å². The number of aryl methyl sites for hydroxylation is 1. The summed E-state index contributed by atoms with van der Waals surface area (Å²) in [6, 6.07) is 2.34. The molecule has 1 heterocycles. The SMILES string of the molecule is NNC(=O)CCCn1[nH]c(=O)ccc1=O. The highest BCUT2D eigenvalue weighted by molar-refractivity contribution is 5.74. The molecule has 7 heteroatoms. The van der Waals surface area contributed by atoms with E-state index < -0.39 is 0 Å². The largest absolute Gasteiger partial charge is 0.294 e. The minimum absolute atomic E-state index is 0.208. The molecule has 0 aliphatic rings. The Bertz CT molecular complexity index is 448. The van der Waals surface area contributed by atoms with E-state index in [0.717, 1.165) is 10.7 Å². The smallest absolute Gasteiger partial charge is 0.265 e. The Morgan fingerprint density at radius 3 is 2.87 bits per heavy atom. The second-order valence-electron chi connectivity index (χ2n) is 2.97. The van der Waals surface area contributed by atoms with E-state index in [1.54, 1.807) is 0 Å². The molecule has 0 unspecified atom stereocenters. The van der Waals surface area contributed by atoms with Crippen molar-refractivity contribution in [1.82, 2.24) is 15.2 Å². The van der Waals surface area contributed by atoms with Gasteiger partial charge in [0.25, 0.3) is 11.1 Å². The number of hydrogen-bond donors (Lipinski definition) is 3. The van der Waals surface area contributed by atoms with E-state index in [1.807, 2.05) is 5.43 Å². The molecule has 0 aliphatic carbocycles. The van der Waals surface area contributed by atoms with Crippen LogP contribution in [0.3, 0.4) is 0 Å². The number of rotatable bonds is 4. The topological polar surface area (TPSA) is 110 Å². The quantitative estimate of drug-likeness (QED) is 0.314. The third-order valence-corrected chi connectivity index (χ3v) is 1.84. The van der Waals surface area contributed by atoms with E-state index in [2.05, 4.69) is 5.10 Å². The normalized spacial score (nSPS) is 9.93. The van der Waals surface area contributed by atoms with Gasteiger partial charge in [-0.3, -0.25) is 29.6 Å². The Morgan fingerprint density at radius 2 is 2.20 bits per heavy atom. The average molecular weight is 212 g/mol. The molecule has 0 atom stereocenters. The Morgan fingerprint density at radius 1 is 1.47 bits per heavy atom. The number of aromatic amines is 1. The van der Waals surface area contributed by atoms with E-state index in [0.29, 0.717) is 6.42 Å². The Hall–Kier alpha value is -1.89. The lowest BCUT2D eigenvalue weighted by atomic mass is 10.3. The minimum Gasteiger partial charge on any atom is -0.294 e. The van der Waals surface area contributed by atoms with Crippen LogP contribution in [0, 0.1) is 0 Å². The van der Waals surface area contributed by atoms with Gasteiger partial charge in [-0.25, -0.2) is 5.84 Å². The summed E-state index contributed by atoms with van der Waals surface area (Å²) >= 11 is 0. The van der Waals surface area contributed by atoms with Gasteiger partial charge < -0.3 is 0 Å². The fourth-order valence-corrected chi connectivity index (χ4v) is 1.10. The van der Waals surface area contributed by atoms with Crippen LogP contribution in [0.4, 0.5) is 0 Å². The summed E-state index contributed by atoms with van der Waals surface area (Å²) < 4.78 is 1.16. The van der Waals surface area contributed by atoms with Gasteiger partial charge in [0.1, 0.15) is 0 Å². The van der Waals surface area contributed by atoms with E-state index in [4.69, 9.17) is 5.84 Å². The van der Waals surface area contributed by atoms with Crippen molar-refractivity contribution in [3.05, 3.63) is 32.8 Å². The molecule has 1 aromatic rings. The molecule has 0 spiro atoms. The van der Waals surface area contributed by atoms with Crippen LogP contribution in [0.15, 0.2) is 21.7 Å². The molecule has 0 fully saturated rings. The van der Waals surface area contributed by atoms with E-state index in [1.165, 1.54) is 6.07 Å². The van der Waals surface area contributed by atoms with Crippen molar-refractivity contribution in [3.8, 4) is 0 Å². The van der Waals surface area contributed by atoms with Crippen LogP contribution in [-0.4, -0.2) is 15.7 Å². The molecule has 0 bridgehead atoms. The number of carbonyl (C=O) groups excluding carboxylic acids is 1. The molecule has 15 heavy (non-hydrogen) atoms. The van der Waals surface area contributed by atoms with Crippen molar-refractivity contribution in [3.63, 3.8) is 0 Å². The molecule has 0 aromatic carbocycles. The van der Waals surface area contributed by atoms with Gasteiger partial charge in [-0.1, -0.05) is 0 Å². The molecule has 0 saturated carbocycles. The number of nitrogens with one attached hydrogen (secondary N) is 2. The summed E-state index contributed by atoms with van der Waals surface area (Å²) in [6.45, 7) is 0.280. The monoisotopic (exact) mass is 212 g/mol. The molecule has 4 N–H and O–H groups in total. The molecule has 0 radical (unpaired) electrons. The molecule has 0 saturated heterocycles. The minimum atomic E-state index is -0.349. The van der Waals surface area contributed by atoms with Crippen molar-refractivity contribution in [2.24, 2.45) is 5.84 Å². The number of hydrogen-bond acceptors (Lipinski definition) is 4. The number of H-pyrrole nitrogens is 1. The van der Waals surface area contributed by atoms with Crippen LogP contribution in [0.1, 0.15) is 12.8 Å². The summed E-state index contributed by atoms with van der Waals surface area (Å²) in [7, 11) is 0. The standard InChI is InChI=1S/C8H12N4O3/c9-10-6(13)2-1-5-12-8(15)4-3-7(14)11-12/h3-4H,1-2,5,9H2,(H,10,13)(H,11,14). The van der Waals surface area contributed by atoms with Crippen LogP contribution in [0.5, 0.6) is 0 Å². The van der Waals surface area contributed by atoms with Crippen LogP contribution >= 0.6 is 0 Å². The molecular formula is C8H12N4O3. The van der Waals surface area contributed by atoms with Crippen molar-refractivity contribution in [2.45, 2.75) is 19.4 Å². The third kappa shape index (κ3) is 3.39. The summed E-state index contributed by atoms with van der Waals surface area (Å²) in [5.41, 5.74) is 1.33. The number of aromatic nitrogens is 2. The van der Waals surface area contributed by atoms with Crippen LogP contribution in [0.2, 0.25) is 0 Å². The van der Waals surface area contributed by atoms with Gasteiger partial charge in [-0.2, -0.15) is 0 Å². The number of carbonyl (C=O) groups is 1. The van der Waals surface area contributed by atoms with E-state index in [-0.39, 0.29) is 30.0 Å².